The van der Waals surface area contributed by atoms with Crippen LogP contribution in [-0.4, -0.2) is 18.2 Å². The first-order valence-corrected chi connectivity index (χ1v) is 4.90. The van der Waals surface area contributed by atoms with Gasteiger partial charge in [-0.15, -0.1) is 0 Å². The van der Waals surface area contributed by atoms with Gasteiger partial charge in [-0.2, -0.15) is 0 Å². The molecule has 0 bridgehead atoms. The minimum Gasteiger partial charge on any atom is -0.385 e. The molecule has 0 radical (unpaired) electrons. The highest BCUT2D eigenvalue weighted by Crippen LogP contribution is 2.31. The lowest BCUT2D eigenvalue weighted by atomic mass is 9.85. The molecule has 1 heterocycles. The normalized spacial score (nSPS) is 20.7. The van der Waals surface area contributed by atoms with Crippen LogP contribution in [-0.2, 0) is 5.60 Å². The molecule has 1 aliphatic rings. The van der Waals surface area contributed by atoms with E-state index in [4.69, 9.17) is 0 Å². The van der Waals surface area contributed by atoms with Gasteiger partial charge in [0.25, 0.3) is 0 Å². The van der Waals surface area contributed by atoms with E-state index in [1.165, 1.54) is 6.07 Å². The topological polar surface area (TPSA) is 32.3 Å². The van der Waals surface area contributed by atoms with E-state index in [0.717, 1.165) is 13.1 Å². The molecule has 0 saturated carbocycles. The van der Waals surface area contributed by atoms with Gasteiger partial charge in [0.2, 0.25) is 0 Å². The third kappa shape index (κ3) is 1.65. The maximum atomic E-state index is 13.4. The lowest BCUT2D eigenvalue weighted by Crippen LogP contribution is -2.40. The zero-order chi connectivity index (χ0) is 10.0. The van der Waals surface area contributed by atoms with E-state index in [0.29, 0.717) is 18.4 Å². The number of nitrogens with one attached hydrogen (secondary N) is 1. The van der Waals surface area contributed by atoms with Crippen molar-refractivity contribution < 1.29 is 9.50 Å². The summed E-state index contributed by atoms with van der Waals surface area (Å²) < 4.78 is 13.4. The van der Waals surface area contributed by atoms with Crippen LogP contribution in [0.5, 0.6) is 0 Å². The van der Waals surface area contributed by atoms with Gasteiger partial charge in [-0.25, -0.2) is 4.39 Å². The van der Waals surface area contributed by atoms with Crippen LogP contribution in [0.3, 0.4) is 0 Å². The van der Waals surface area contributed by atoms with Gasteiger partial charge in [0.15, 0.2) is 0 Å². The number of benzene rings is 1. The highest BCUT2D eigenvalue weighted by atomic mass is 19.1. The van der Waals surface area contributed by atoms with Crippen LogP contribution in [0.1, 0.15) is 18.4 Å². The van der Waals surface area contributed by atoms with Gasteiger partial charge in [0, 0.05) is 5.56 Å². The molecule has 2 N–H and O–H groups in total. The van der Waals surface area contributed by atoms with E-state index in [9.17, 15) is 9.50 Å². The van der Waals surface area contributed by atoms with Crippen LogP contribution in [0, 0.1) is 5.82 Å². The molecule has 0 amide bonds. The summed E-state index contributed by atoms with van der Waals surface area (Å²) in [5.74, 6) is -0.308. The quantitative estimate of drug-likeness (QED) is 0.710. The van der Waals surface area contributed by atoms with Crippen LogP contribution in [0.15, 0.2) is 24.3 Å². The molecule has 0 aliphatic carbocycles. The van der Waals surface area contributed by atoms with E-state index in [1.807, 2.05) is 0 Å². The van der Waals surface area contributed by atoms with Gasteiger partial charge in [-0.1, -0.05) is 18.2 Å². The Morgan fingerprint density at radius 2 is 1.86 bits per heavy atom. The molecule has 0 unspecified atom stereocenters. The summed E-state index contributed by atoms with van der Waals surface area (Å²) in [5.41, 5.74) is -0.544. The second-order valence-electron chi connectivity index (χ2n) is 3.76. The average molecular weight is 195 g/mol. The maximum absolute atomic E-state index is 13.4. The highest BCUT2D eigenvalue weighted by Gasteiger charge is 2.33. The molecule has 1 saturated heterocycles. The van der Waals surface area contributed by atoms with Crippen LogP contribution in [0.2, 0.25) is 0 Å². The van der Waals surface area contributed by atoms with Crippen molar-refractivity contribution in [2.45, 2.75) is 18.4 Å². The predicted octanol–water partition coefficient (Wildman–Crippen LogP) is 1.40. The third-order valence-electron chi connectivity index (χ3n) is 2.81. The minimum absolute atomic E-state index is 0.308. The Balaban J connectivity index is 2.32. The zero-order valence-electron chi connectivity index (χ0n) is 7.96. The summed E-state index contributed by atoms with van der Waals surface area (Å²) in [6, 6.07) is 6.47. The van der Waals surface area contributed by atoms with Crippen molar-refractivity contribution in [1.29, 1.82) is 0 Å². The fourth-order valence-corrected chi connectivity index (χ4v) is 1.95. The Bertz CT molecular complexity index is 321. The Morgan fingerprint density at radius 3 is 2.50 bits per heavy atom. The second kappa shape index (κ2) is 3.67. The third-order valence-corrected chi connectivity index (χ3v) is 2.81. The van der Waals surface area contributed by atoms with Crippen molar-refractivity contribution >= 4 is 0 Å². The molecule has 1 aromatic rings. The summed E-state index contributed by atoms with van der Waals surface area (Å²) >= 11 is 0. The van der Waals surface area contributed by atoms with Crippen molar-refractivity contribution in [1.82, 2.24) is 5.32 Å². The molecule has 0 spiro atoms. The van der Waals surface area contributed by atoms with Crippen molar-refractivity contribution in [2.75, 3.05) is 13.1 Å². The molecule has 1 aliphatic heterocycles. The summed E-state index contributed by atoms with van der Waals surface area (Å²) in [4.78, 5) is 0. The molecule has 0 aromatic heterocycles. The number of rotatable bonds is 1. The zero-order valence-corrected chi connectivity index (χ0v) is 7.96. The smallest absolute Gasteiger partial charge is 0.129 e. The van der Waals surface area contributed by atoms with E-state index in [2.05, 4.69) is 5.32 Å². The number of hydrogen-bond donors (Lipinski definition) is 2. The molecule has 0 atom stereocenters. The molecule has 1 fully saturated rings. The number of halogens is 1. The highest BCUT2D eigenvalue weighted by molar-refractivity contribution is 5.24. The average Bonchev–Trinajstić information content (AvgIpc) is 2.19. The van der Waals surface area contributed by atoms with Gasteiger partial charge in [0.05, 0.1) is 5.60 Å². The first-order valence-electron chi connectivity index (χ1n) is 4.90. The first-order chi connectivity index (χ1) is 6.72. The summed E-state index contributed by atoms with van der Waals surface area (Å²) in [5, 5.41) is 13.4. The van der Waals surface area contributed by atoms with E-state index < -0.39 is 5.60 Å². The molecular formula is C11H14FNO. The fourth-order valence-electron chi connectivity index (χ4n) is 1.95. The van der Waals surface area contributed by atoms with Gasteiger partial charge in [-0.05, 0) is 32.0 Å². The summed E-state index contributed by atoms with van der Waals surface area (Å²) in [6.07, 6.45) is 1.15. The molecular weight excluding hydrogens is 181 g/mol. The second-order valence-corrected chi connectivity index (χ2v) is 3.76. The van der Waals surface area contributed by atoms with Crippen molar-refractivity contribution in [3.63, 3.8) is 0 Å². The van der Waals surface area contributed by atoms with E-state index in [-0.39, 0.29) is 5.82 Å². The Labute approximate surface area is 82.8 Å². The molecule has 76 valence electrons. The van der Waals surface area contributed by atoms with Gasteiger partial charge in [0.1, 0.15) is 5.82 Å². The largest absolute Gasteiger partial charge is 0.385 e. The van der Waals surface area contributed by atoms with Crippen LogP contribution < -0.4 is 5.32 Å². The molecule has 2 rings (SSSR count). The van der Waals surface area contributed by atoms with Crippen LogP contribution in [0.4, 0.5) is 4.39 Å². The lowest BCUT2D eigenvalue weighted by molar-refractivity contribution is 0.00277. The minimum atomic E-state index is -0.976. The predicted molar refractivity (Wildman–Crippen MR) is 52.4 cm³/mol. The van der Waals surface area contributed by atoms with E-state index in [1.54, 1.807) is 18.2 Å². The maximum Gasteiger partial charge on any atom is 0.129 e. The van der Waals surface area contributed by atoms with Gasteiger partial charge >= 0.3 is 0 Å². The Hall–Kier alpha value is -0.930. The molecule has 2 nitrogen and oxygen atoms in total. The molecule has 3 heteroatoms. The van der Waals surface area contributed by atoms with Crippen molar-refractivity contribution in [2.24, 2.45) is 0 Å². The first kappa shape index (κ1) is 9.62. The SMILES string of the molecule is OC1(c2ccccc2F)CCNCC1. The Kier molecular flexibility index (Phi) is 2.52. The van der Waals surface area contributed by atoms with Crippen molar-refractivity contribution in [3.8, 4) is 0 Å². The summed E-state index contributed by atoms with van der Waals surface area (Å²) in [7, 11) is 0. The molecule has 1 aromatic carbocycles. The number of hydrogen-bond acceptors (Lipinski definition) is 2. The van der Waals surface area contributed by atoms with Crippen molar-refractivity contribution in [3.05, 3.63) is 35.6 Å². The monoisotopic (exact) mass is 195 g/mol. The van der Waals surface area contributed by atoms with E-state index >= 15 is 0 Å². The van der Waals surface area contributed by atoms with Gasteiger partial charge in [-0.3, -0.25) is 0 Å². The number of piperidine rings is 1. The fraction of sp³-hybridized carbons (Fsp3) is 0.455. The standard InChI is InChI=1S/C11H14FNO/c12-10-4-2-1-3-9(10)11(14)5-7-13-8-6-11/h1-4,13-14H,5-8H2. The molecule has 14 heavy (non-hydrogen) atoms. The number of aliphatic hydroxyl groups is 1. The Morgan fingerprint density at radius 1 is 1.21 bits per heavy atom. The van der Waals surface area contributed by atoms with Crippen LogP contribution >= 0.6 is 0 Å². The lowest BCUT2D eigenvalue weighted by Gasteiger charge is -2.33. The summed E-state index contributed by atoms with van der Waals surface area (Å²) in [6.45, 7) is 1.48. The van der Waals surface area contributed by atoms with Gasteiger partial charge < -0.3 is 10.4 Å². The van der Waals surface area contributed by atoms with Crippen LogP contribution in [0.25, 0.3) is 0 Å².